The summed E-state index contributed by atoms with van der Waals surface area (Å²) in [5, 5.41) is 0. The molecule has 0 amide bonds. The van der Waals surface area contributed by atoms with E-state index in [-0.39, 0.29) is 4.91 Å². The zero-order valence-electron chi connectivity index (χ0n) is 11.6. The van der Waals surface area contributed by atoms with Gasteiger partial charge in [-0.3, -0.25) is 0 Å². The van der Waals surface area contributed by atoms with Crippen molar-refractivity contribution in [3.8, 4) is 0 Å². The van der Waals surface area contributed by atoms with Gasteiger partial charge >= 0.3 is 6.18 Å². The first-order valence-electron chi connectivity index (χ1n) is 6.02. The van der Waals surface area contributed by atoms with E-state index in [4.69, 9.17) is 0 Å². The Kier molecular flexibility index (Phi) is 4.95. The molecule has 0 fully saturated rings. The fourth-order valence-corrected chi connectivity index (χ4v) is 5.98. The fraction of sp³-hybridized carbons (Fsp3) is 0.429. The van der Waals surface area contributed by atoms with Crippen LogP contribution in [0.4, 0.5) is 13.2 Å². The Morgan fingerprint density at radius 1 is 1.16 bits per heavy atom. The van der Waals surface area contributed by atoms with Gasteiger partial charge in [-0.15, -0.1) is 0 Å². The molecule has 0 radical (unpaired) electrons. The molecule has 0 aliphatic rings. The number of allylic oxidation sites excluding steroid dienone is 1. The summed E-state index contributed by atoms with van der Waals surface area (Å²) in [6, 6.07) is 7.46. The Bertz CT molecular complexity index is 429. The second-order valence-electron chi connectivity index (χ2n) is 5.72. The van der Waals surface area contributed by atoms with E-state index in [2.05, 4.69) is 6.58 Å². The Hall–Kier alpha value is -0.683. The quantitative estimate of drug-likeness (QED) is 0.495. The summed E-state index contributed by atoms with van der Waals surface area (Å²) >= 11 is 1.13. The highest BCUT2D eigenvalue weighted by molar-refractivity contribution is 8.03. The van der Waals surface area contributed by atoms with Gasteiger partial charge in [-0.2, -0.15) is 13.2 Å². The molecular weight excluding hydrogens is 285 g/mol. The monoisotopic (exact) mass is 304 g/mol. The average Bonchev–Trinajstić information content (AvgIpc) is 2.16. The lowest BCUT2D eigenvalue weighted by atomic mass is 10.2. The van der Waals surface area contributed by atoms with E-state index in [0.29, 0.717) is 0 Å². The van der Waals surface area contributed by atoms with Gasteiger partial charge in [0.15, 0.2) is 0 Å². The topological polar surface area (TPSA) is 0 Å². The molecule has 1 unspecified atom stereocenters. The third-order valence-corrected chi connectivity index (χ3v) is 6.41. The van der Waals surface area contributed by atoms with E-state index in [1.807, 2.05) is 31.2 Å². The number of hydrogen-bond acceptors (Lipinski definition) is 1. The van der Waals surface area contributed by atoms with Crippen molar-refractivity contribution in [2.45, 2.75) is 43.2 Å². The SMILES string of the molecule is C=C(Sc1ccc(C)cc1)C(C(F)(F)F)[Si](C)(C)C. The van der Waals surface area contributed by atoms with Crippen LogP contribution >= 0.6 is 11.8 Å². The van der Waals surface area contributed by atoms with Crippen LogP contribution in [0.1, 0.15) is 5.56 Å². The summed E-state index contributed by atoms with van der Waals surface area (Å²) in [4.78, 5) is 1.01. The van der Waals surface area contributed by atoms with Crippen molar-refractivity contribution >= 4 is 19.8 Å². The molecule has 5 heteroatoms. The highest BCUT2D eigenvalue weighted by Gasteiger charge is 2.49. The molecule has 0 nitrogen and oxygen atoms in total. The van der Waals surface area contributed by atoms with E-state index >= 15 is 0 Å². The van der Waals surface area contributed by atoms with Gasteiger partial charge in [0.1, 0.15) is 0 Å². The summed E-state index contributed by atoms with van der Waals surface area (Å²) in [5.74, 6) is 0. The first-order valence-corrected chi connectivity index (χ1v) is 10.4. The van der Waals surface area contributed by atoms with E-state index in [1.54, 1.807) is 19.6 Å². The van der Waals surface area contributed by atoms with Crippen LogP contribution in [-0.2, 0) is 0 Å². The predicted octanol–water partition coefficient (Wildman–Crippen LogP) is 5.87. The summed E-state index contributed by atoms with van der Waals surface area (Å²) in [5.41, 5.74) is -0.293. The van der Waals surface area contributed by atoms with E-state index in [1.165, 1.54) is 0 Å². The normalized spacial score (nSPS) is 14.3. The smallest absolute Gasteiger partial charge is 0.171 e. The first kappa shape index (κ1) is 16.4. The molecule has 0 bridgehead atoms. The minimum atomic E-state index is -4.21. The highest BCUT2D eigenvalue weighted by atomic mass is 32.2. The van der Waals surface area contributed by atoms with Gasteiger partial charge in [0, 0.05) is 4.90 Å². The van der Waals surface area contributed by atoms with Crippen molar-refractivity contribution in [1.29, 1.82) is 0 Å². The second kappa shape index (κ2) is 5.75. The molecule has 0 spiro atoms. The standard InChI is InChI=1S/C14H19F3SSi/c1-10-6-8-12(9-7-10)18-11(2)13(14(15,16)17)19(3,4)5/h6-9,13H,2H2,1,3-5H3. The average molecular weight is 304 g/mol. The molecule has 19 heavy (non-hydrogen) atoms. The van der Waals surface area contributed by atoms with Crippen LogP contribution in [0.25, 0.3) is 0 Å². The maximum Gasteiger partial charge on any atom is 0.393 e. The third kappa shape index (κ3) is 4.73. The van der Waals surface area contributed by atoms with Crippen molar-refractivity contribution in [2.75, 3.05) is 0 Å². The van der Waals surface area contributed by atoms with Crippen LogP contribution in [0.3, 0.4) is 0 Å². The molecule has 1 rings (SSSR count). The van der Waals surface area contributed by atoms with Gasteiger partial charge in [0.2, 0.25) is 0 Å². The summed E-state index contributed by atoms with van der Waals surface area (Å²) in [6.07, 6.45) is -4.21. The van der Waals surface area contributed by atoms with Crippen LogP contribution in [0, 0.1) is 6.92 Å². The molecule has 0 saturated heterocycles. The highest BCUT2D eigenvalue weighted by Crippen LogP contribution is 2.48. The Labute approximate surface area is 118 Å². The molecule has 1 aromatic rings. The number of aryl methyl sites for hydroxylation is 1. The minimum Gasteiger partial charge on any atom is -0.171 e. The number of halogens is 3. The Morgan fingerprint density at radius 3 is 2.00 bits per heavy atom. The summed E-state index contributed by atoms with van der Waals surface area (Å²) < 4.78 is 39.6. The first-order chi connectivity index (χ1) is 8.51. The number of alkyl halides is 3. The van der Waals surface area contributed by atoms with E-state index < -0.39 is 19.8 Å². The largest absolute Gasteiger partial charge is 0.393 e. The molecular formula is C14H19F3SSi. The molecule has 0 aliphatic heterocycles. The lowest BCUT2D eigenvalue weighted by Gasteiger charge is -2.32. The van der Waals surface area contributed by atoms with Gasteiger partial charge < -0.3 is 0 Å². The number of thioether (sulfide) groups is 1. The van der Waals surface area contributed by atoms with Crippen molar-refractivity contribution in [3.05, 3.63) is 41.3 Å². The van der Waals surface area contributed by atoms with Crippen molar-refractivity contribution in [1.82, 2.24) is 0 Å². The van der Waals surface area contributed by atoms with Crippen molar-refractivity contribution in [2.24, 2.45) is 0 Å². The lowest BCUT2D eigenvalue weighted by molar-refractivity contribution is -0.126. The Balaban J connectivity index is 2.93. The fourth-order valence-electron chi connectivity index (χ4n) is 1.97. The van der Waals surface area contributed by atoms with Gasteiger partial charge in [-0.1, -0.05) is 55.7 Å². The number of benzene rings is 1. The van der Waals surface area contributed by atoms with E-state index in [0.717, 1.165) is 22.2 Å². The van der Waals surface area contributed by atoms with Gasteiger partial charge in [-0.25, -0.2) is 0 Å². The number of hydrogen-bond donors (Lipinski definition) is 0. The van der Waals surface area contributed by atoms with Crippen molar-refractivity contribution in [3.63, 3.8) is 0 Å². The molecule has 0 heterocycles. The van der Waals surface area contributed by atoms with Crippen LogP contribution < -0.4 is 0 Å². The van der Waals surface area contributed by atoms with Crippen LogP contribution in [0.15, 0.2) is 40.6 Å². The second-order valence-corrected chi connectivity index (χ2v) is 12.2. The van der Waals surface area contributed by atoms with Gasteiger partial charge in [0.25, 0.3) is 0 Å². The molecule has 0 saturated carbocycles. The molecule has 1 atom stereocenters. The lowest BCUT2D eigenvalue weighted by Crippen LogP contribution is -2.38. The molecule has 0 aliphatic carbocycles. The third-order valence-electron chi connectivity index (χ3n) is 2.79. The summed E-state index contributed by atoms with van der Waals surface area (Å²) in [6.45, 7) is 10.8. The minimum absolute atomic E-state index is 0.204. The molecule has 0 N–H and O–H groups in total. The number of rotatable bonds is 4. The zero-order chi connectivity index (χ0) is 14.8. The maximum absolute atomic E-state index is 13.2. The van der Waals surface area contributed by atoms with Gasteiger partial charge in [0.05, 0.1) is 13.6 Å². The van der Waals surface area contributed by atoms with Crippen LogP contribution in [0.2, 0.25) is 25.2 Å². The molecule has 106 valence electrons. The van der Waals surface area contributed by atoms with Gasteiger partial charge in [-0.05, 0) is 24.0 Å². The predicted molar refractivity (Wildman–Crippen MR) is 79.3 cm³/mol. The Morgan fingerprint density at radius 2 is 1.63 bits per heavy atom. The molecule has 1 aromatic carbocycles. The summed E-state index contributed by atoms with van der Waals surface area (Å²) in [7, 11) is -2.40. The van der Waals surface area contributed by atoms with Crippen LogP contribution in [0.5, 0.6) is 0 Å². The van der Waals surface area contributed by atoms with E-state index in [9.17, 15) is 13.2 Å². The zero-order valence-corrected chi connectivity index (χ0v) is 13.5. The van der Waals surface area contributed by atoms with Crippen LogP contribution in [-0.4, -0.2) is 14.3 Å². The molecule has 0 aromatic heterocycles. The maximum atomic E-state index is 13.2. The van der Waals surface area contributed by atoms with Crippen molar-refractivity contribution < 1.29 is 13.2 Å².